The number of aromatic nitrogens is 1. The monoisotopic (exact) mass is 279 g/mol. The molecular formula is C11H13ClF3N3. The first-order valence-electron chi connectivity index (χ1n) is 5.57. The third-order valence-corrected chi connectivity index (χ3v) is 3.08. The molecule has 18 heavy (non-hydrogen) atoms. The van der Waals surface area contributed by atoms with Crippen LogP contribution in [0, 0.1) is 0 Å². The van der Waals surface area contributed by atoms with Gasteiger partial charge in [-0.3, -0.25) is 4.90 Å². The standard InChI is InChI=1S/C11H13ClF3N3/c12-8-3-4-10(16)17-9(8)5-18(7-1-2-7)6-11(13,14)15/h3-4,7H,1-2,5-6H2,(H2,16,17). The fraction of sp³-hybridized carbons (Fsp3) is 0.545. The Morgan fingerprint density at radius 1 is 1.39 bits per heavy atom. The molecule has 1 aromatic rings. The first-order valence-corrected chi connectivity index (χ1v) is 5.94. The summed E-state index contributed by atoms with van der Waals surface area (Å²) >= 11 is 5.91. The van der Waals surface area contributed by atoms with Gasteiger partial charge in [0.05, 0.1) is 17.3 Å². The predicted molar refractivity (Wildman–Crippen MR) is 63.1 cm³/mol. The number of rotatable bonds is 4. The summed E-state index contributed by atoms with van der Waals surface area (Å²) < 4.78 is 37.4. The molecule has 1 fully saturated rings. The van der Waals surface area contributed by atoms with E-state index in [1.165, 1.54) is 11.0 Å². The number of nitrogens with two attached hydrogens (primary N) is 1. The molecule has 0 spiro atoms. The van der Waals surface area contributed by atoms with E-state index in [1.807, 2.05) is 0 Å². The molecule has 1 aliphatic rings. The lowest BCUT2D eigenvalue weighted by molar-refractivity contribution is -0.148. The number of halogens is 4. The Morgan fingerprint density at radius 3 is 2.61 bits per heavy atom. The third-order valence-electron chi connectivity index (χ3n) is 2.74. The number of nitrogen functional groups attached to an aromatic ring is 1. The number of pyridine rings is 1. The zero-order valence-electron chi connectivity index (χ0n) is 9.54. The van der Waals surface area contributed by atoms with Crippen molar-refractivity contribution >= 4 is 17.4 Å². The first-order chi connectivity index (χ1) is 8.35. The van der Waals surface area contributed by atoms with E-state index in [-0.39, 0.29) is 18.4 Å². The van der Waals surface area contributed by atoms with E-state index >= 15 is 0 Å². The summed E-state index contributed by atoms with van der Waals surface area (Å²) in [5, 5.41) is 0.344. The fourth-order valence-corrected chi connectivity index (χ4v) is 1.95. The summed E-state index contributed by atoms with van der Waals surface area (Å²) in [6, 6.07) is 3.06. The van der Waals surface area contributed by atoms with Crippen LogP contribution in [0.3, 0.4) is 0 Å². The van der Waals surface area contributed by atoms with Gasteiger partial charge in [-0.15, -0.1) is 0 Å². The Morgan fingerprint density at radius 2 is 2.06 bits per heavy atom. The number of alkyl halides is 3. The number of hydrogen-bond acceptors (Lipinski definition) is 3. The van der Waals surface area contributed by atoms with Crippen LogP contribution in [0.15, 0.2) is 12.1 Å². The van der Waals surface area contributed by atoms with Crippen molar-refractivity contribution in [1.29, 1.82) is 0 Å². The average Bonchev–Trinajstić information content (AvgIpc) is 3.04. The summed E-state index contributed by atoms with van der Waals surface area (Å²) in [4.78, 5) is 5.34. The van der Waals surface area contributed by atoms with E-state index in [0.29, 0.717) is 10.7 Å². The maximum Gasteiger partial charge on any atom is 0.401 e. The van der Waals surface area contributed by atoms with Crippen molar-refractivity contribution in [2.45, 2.75) is 31.6 Å². The van der Waals surface area contributed by atoms with E-state index in [0.717, 1.165) is 12.8 Å². The molecule has 1 aromatic heterocycles. The van der Waals surface area contributed by atoms with Crippen molar-refractivity contribution < 1.29 is 13.2 Å². The van der Waals surface area contributed by atoms with Crippen LogP contribution in [0.4, 0.5) is 19.0 Å². The topological polar surface area (TPSA) is 42.1 Å². The van der Waals surface area contributed by atoms with Gasteiger partial charge in [-0.2, -0.15) is 13.2 Å². The second-order valence-electron chi connectivity index (χ2n) is 4.42. The molecule has 0 bridgehead atoms. The first kappa shape index (κ1) is 13.4. The lowest BCUT2D eigenvalue weighted by Gasteiger charge is -2.23. The van der Waals surface area contributed by atoms with Crippen molar-refractivity contribution in [3.8, 4) is 0 Å². The molecule has 0 aliphatic heterocycles. The molecule has 0 unspecified atom stereocenters. The second kappa shape index (κ2) is 4.93. The van der Waals surface area contributed by atoms with Crippen LogP contribution in [0.1, 0.15) is 18.5 Å². The molecule has 2 rings (SSSR count). The predicted octanol–water partition coefficient (Wildman–Crippen LogP) is 2.84. The van der Waals surface area contributed by atoms with Crippen LogP contribution >= 0.6 is 11.6 Å². The van der Waals surface area contributed by atoms with Gasteiger partial charge >= 0.3 is 6.18 Å². The molecule has 0 aromatic carbocycles. The van der Waals surface area contributed by atoms with Gasteiger partial charge in [-0.1, -0.05) is 11.6 Å². The Bertz CT molecular complexity index is 432. The minimum atomic E-state index is -4.21. The second-order valence-corrected chi connectivity index (χ2v) is 4.82. The molecule has 2 N–H and O–H groups in total. The Kier molecular flexibility index (Phi) is 3.68. The van der Waals surface area contributed by atoms with Crippen molar-refractivity contribution in [2.24, 2.45) is 0 Å². The molecule has 100 valence electrons. The molecule has 1 heterocycles. The highest BCUT2D eigenvalue weighted by Gasteiger charge is 2.38. The van der Waals surface area contributed by atoms with Gasteiger partial charge in [0.25, 0.3) is 0 Å². The van der Waals surface area contributed by atoms with Gasteiger partial charge < -0.3 is 5.73 Å². The number of hydrogen-bond donors (Lipinski definition) is 1. The Labute approximate surface area is 108 Å². The van der Waals surface area contributed by atoms with Crippen molar-refractivity contribution in [2.75, 3.05) is 12.3 Å². The smallest absolute Gasteiger partial charge is 0.384 e. The third kappa shape index (κ3) is 3.74. The van der Waals surface area contributed by atoms with E-state index in [9.17, 15) is 13.2 Å². The minimum absolute atomic E-state index is 0.0223. The zero-order chi connectivity index (χ0) is 13.3. The SMILES string of the molecule is Nc1ccc(Cl)c(CN(CC(F)(F)F)C2CC2)n1. The summed E-state index contributed by atoms with van der Waals surface area (Å²) in [6.45, 7) is -0.863. The van der Waals surface area contributed by atoms with Crippen LogP contribution < -0.4 is 5.73 Å². The normalized spacial score (nSPS) is 16.3. The van der Waals surface area contributed by atoms with Gasteiger partial charge in [0, 0.05) is 12.6 Å². The highest BCUT2D eigenvalue weighted by Crippen LogP contribution is 2.32. The maximum absolute atomic E-state index is 12.5. The summed E-state index contributed by atoms with van der Waals surface area (Å²) in [5.74, 6) is 0.261. The fourth-order valence-electron chi connectivity index (χ4n) is 1.79. The lowest BCUT2D eigenvalue weighted by atomic mass is 10.3. The quantitative estimate of drug-likeness (QED) is 0.921. The average molecular weight is 280 g/mol. The molecule has 0 radical (unpaired) electrons. The highest BCUT2D eigenvalue weighted by atomic mass is 35.5. The van der Waals surface area contributed by atoms with Crippen LogP contribution in [0.2, 0.25) is 5.02 Å². The number of nitrogens with zero attached hydrogens (tertiary/aromatic N) is 2. The summed E-state index contributed by atoms with van der Waals surface area (Å²) in [5.41, 5.74) is 5.91. The Balaban J connectivity index is 2.11. The van der Waals surface area contributed by atoms with E-state index in [1.54, 1.807) is 6.07 Å². The minimum Gasteiger partial charge on any atom is -0.384 e. The molecular weight excluding hydrogens is 267 g/mol. The summed E-state index contributed by atoms with van der Waals surface area (Å²) in [6.07, 6.45) is -2.64. The van der Waals surface area contributed by atoms with E-state index in [4.69, 9.17) is 17.3 Å². The van der Waals surface area contributed by atoms with Crippen molar-refractivity contribution in [1.82, 2.24) is 9.88 Å². The number of anilines is 1. The van der Waals surface area contributed by atoms with Gasteiger partial charge in [0.15, 0.2) is 0 Å². The van der Waals surface area contributed by atoms with Crippen molar-refractivity contribution in [3.63, 3.8) is 0 Å². The van der Waals surface area contributed by atoms with Gasteiger partial charge in [-0.05, 0) is 25.0 Å². The largest absolute Gasteiger partial charge is 0.401 e. The van der Waals surface area contributed by atoms with Crippen LogP contribution in [-0.4, -0.2) is 28.6 Å². The zero-order valence-corrected chi connectivity index (χ0v) is 10.3. The van der Waals surface area contributed by atoms with E-state index in [2.05, 4.69) is 4.98 Å². The Hall–Kier alpha value is -1.01. The molecule has 1 aliphatic carbocycles. The van der Waals surface area contributed by atoms with Gasteiger partial charge in [-0.25, -0.2) is 4.98 Å². The van der Waals surface area contributed by atoms with Crippen LogP contribution in [0.5, 0.6) is 0 Å². The molecule has 0 saturated heterocycles. The molecule has 0 atom stereocenters. The molecule has 1 saturated carbocycles. The van der Waals surface area contributed by atoms with E-state index < -0.39 is 12.7 Å². The summed E-state index contributed by atoms with van der Waals surface area (Å²) in [7, 11) is 0. The molecule has 3 nitrogen and oxygen atoms in total. The molecule has 0 amide bonds. The van der Waals surface area contributed by atoms with Crippen LogP contribution in [0.25, 0.3) is 0 Å². The van der Waals surface area contributed by atoms with Crippen molar-refractivity contribution in [3.05, 3.63) is 22.8 Å². The van der Waals surface area contributed by atoms with Gasteiger partial charge in [0.2, 0.25) is 0 Å². The van der Waals surface area contributed by atoms with Crippen LogP contribution in [-0.2, 0) is 6.54 Å². The maximum atomic E-state index is 12.5. The highest BCUT2D eigenvalue weighted by molar-refractivity contribution is 6.31. The van der Waals surface area contributed by atoms with Gasteiger partial charge in [0.1, 0.15) is 5.82 Å². The molecule has 7 heteroatoms. The lowest BCUT2D eigenvalue weighted by Crippen LogP contribution is -2.35.